The van der Waals surface area contributed by atoms with Gasteiger partial charge in [0, 0.05) is 0 Å². The molecule has 0 spiro atoms. The molecule has 80 valence electrons. The molecule has 0 radical (unpaired) electrons. The summed E-state index contributed by atoms with van der Waals surface area (Å²) in [4.78, 5) is 24.7. The van der Waals surface area contributed by atoms with Crippen LogP contribution in [0.2, 0.25) is 0 Å². The van der Waals surface area contributed by atoms with E-state index in [1.165, 1.54) is 0 Å². The second-order valence-electron chi connectivity index (χ2n) is 3.03. The summed E-state index contributed by atoms with van der Waals surface area (Å²) in [6.45, 7) is 0.0334. The maximum absolute atomic E-state index is 11.8. The van der Waals surface area contributed by atoms with E-state index in [9.17, 15) is 9.59 Å². The first kappa shape index (κ1) is 11.0. The first-order valence-corrected chi connectivity index (χ1v) is 6.19. The summed E-state index contributed by atoms with van der Waals surface area (Å²) in [5.41, 5.74) is 0.927. The predicted molar refractivity (Wildman–Crippen MR) is 65.8 cm³/mol. The third-order valence-corrected chi connectivity index (χ3v) is 3.57. The molecule has 0 saturated carbocycles. The molecule has 1 aromatic rings. The van der Waals surface area contributed by atoms with Gasteiger partial charge in [-0.05, 0) is 40.2 Å². The van der Waals surface area contributed by atoms with Crippen LogP contribution < -0.4 is 0 Å². The largest absolute Gasteiger partial charge is 0.294 e. The predicted octanol–water partition coefficient (Wildman–Crippen LogP) is 2.42. The molecule has 1 fully saturated rings. The van der Waals surface area contributed by atoms with Crippen molar-refractivity contribution in [1.29, 1.82) is 0 Å². The minimum Gasteiger partial charge on any atom is -0.268 e. The van der Waals surface area contributed by atoms with Crippen LogP contribution in [-0.2, 0) is 4.79 Å². The molecule has 0 unspecified atom stereocenters. The minimum atomic E-state index is -0.306. The third kappa shape index (κ3) is 2.03. The van der Waals surface area contributed by atoms with Gasteiger partial charge in [-0.15, -0.1) is 6.42 Å². The van der Waals surface area contributed by atoms with E-state index in [0.717, 1.165) is 22.2 Å². The summed E-state index contributed by atoms with van der Waals surface area (Å²) >= 11 is 2.47. The van der Waals surface area contributed by atoms with E-state index in [-0.39, 0.29) is 17.7 Å². The molecule has 1 saturated heterocycles. The molecule has 2 amide bonds. The molecular weight excluding hydrogens is 242 g/mol. The standard InChI is InChI=1S/C11H7NO2S2/c1-2-4-12-10(13)9(16-11(12)14)6-8-3-5-15-7-8/h1,3,5-7H,4H2/b9-6+. The second-order valence-corrected chi connectivity index (χ2v) is 4.80. The molecular formula is C11H7NO2S2. The normalized spacial score (nSPS) is 18.2. The van der Waals surface area contributed by atoms with Gasteiger partial charge in [0.15, 0.2) is 0 Å². The number of thiophene rings is 1. The van der Waals surface area contributed by atoms with Gasteiger partial charge in [-0.1, -0.05) is 5.92 Å². The number of hydrogen-bond acceptors (Lipinski definition) is 4. The highest BCUT2D eigenvalue weighted by molar-refractivity contribution is 8.18. The highest BCUT2D eigenvalue weighted by Gasteiger charge is 2.34. The maximum Gasteiger partial charge on any atom is 0.294 e. The van der Waals surface area contributed by atoms with Gasteiger partial charge in [0.25, 0.3) is 11.1 Å². The Hall–Kier alpha value is -1.51. The molecule has 1 aliphatic heterocycles. The molecule has 1 aromatic heterocycles. The van der Waals surface area contributed by atoms with Crippen LogP contribution >= 0.6 is 23.1 Å². The van der Waals surface area contributed by atoms with Gasteiger partial charge in [-0.2, -0.15) is 11.3 Å². The lowest BCUT2D eigenvalue weighted by Crippen LogP contribution is -2.28. The van der Waals surface area contributed by atoms with E-state index < -0.39 is 0 Å². The average Bonchev–Trinajstić information content (AvgIpc) is 2.84. The van der Waals surface area contributed by atoms with E-state index in [4.69, 9.17) is 6.42 Å². The number of amides is 2. The zero-order valence-corrected chi connectivity index (χ0v) is 9.81. The van der Waals surface area contributed by atoms with Crippen LogP contribution in [-0.4, -0.2) is 22.6 Å². The van der Waals surface area contributed by atoms with Crippen LogP contribution in [0.15, 0.2) is 21.7 Å². The monoisotopic (exact) mass is 249 g/mol. The van der Waals surface area contributed by atoms with Gasteiger partial charge in [0.05, 0.1) is 11.4 Å². The van der Waals surface area contributed by atoms with Crippen molar-refractivity contribution in [3.05, 3.63) is 27.3 Å². The summed E-state index contributed by atoms with van der Waals surface area (Å²) in [7, 11) is 0. The van der Waals surface area contributed by atoms with Crippen molar-refractivity contribution < 1.29 is 9.59 Å². The van der Waals surface area contributed by atoms with Crippen molar-refractivity contribution in [3.63, 3.8) is 0 Å². The molecule has 1 aliphatic rings. The Morgan fingerprint density at radius 1 is 1.50 bits per heavy atom. The van der Waals surface area contributed by atoms with Crippen molar-refractivity contribution >= 4 is 40.3 Å². The van der Waals surface area contributed by atoms with Crippen LogP contribution in [0.3, 0.4) is 0 Å². The Morgan fingerprint density at radius 3 is 2.94 bits per heavy atom. The van der Waals surface area contributed by atoms with Crippen LogP contribution in [0.5, 0.6) is 0 Å². The fraction of sp³-hybridized carbons (Fsp3) is 0.0909. The first-order chi connectivity index (χ1) is 7.72. The van der Waals surface area contributed by atoms with Crippen molar-refractivity contribution in [2.24, 2.45) is 0 Å². The van der Waals surface area contributed by atoms with Gasteiger partial charge < -0.3 is 0 Å². The van der Waals surface area contributed by atoms with E-state index in [1.807, 2.05) is 16.8 Å². The lowest BCUT2D eigenvalue weighted by atomic mass is 10.3. The Labute approximate surface area is 101 Å². The molecule has 0 aliphatic carbocycles. The van der Waals surface area contributed by atoms with Crippen molar-refractivity contribution in [1.82, 2.24) is 4.90 Å². The van der Waals surface area contributed by atoms with E-state index in [0.29, 0.717) is 4.91 Å². The Balaban J connectivity index is 2.24. The molecule has 0 aromatic carbocycles. The van der Waals surface area contributed by atoms with E-state index in [2.05, 4.69) is 5.92 Å². The molecule has 16 heavy (non-hydrogen) atoms. The molecule has 0 N–H and O–H groups in total. The summed E-state index contributed by atoms with van der Waals surface area (Å²) in [6, 6.07) is 1.89. The summed E-state index contributed by atoms with van der Waals surface area (Å²) < 4.78 is 0. The number of hydrogen-bond donors (Lipinski definition) is 0. The maximum atomic E-state index is 11.8. The number of carbonyl (C=O) groups excluding carboxylic acids is 2. The number of terminal acetylenes is 1. The van der Waals surface area contributed by atoms with E-state index >= 15 is 0 Å². The van der Waals surface area contributed by atoms with Crippen LogP contribution in [0.1, 0.15) is 5.56 Å². The fourth-order valence-corrected chi connectivity index (χ4v) is 2.69. The SMILES string of the molecule is C#CCN1C(=O)S/C(=C/c2ccsc2)C1=O. The molecule has 3 nitrogen and oxygen atoms in total. The Bertz CT molecular complexity index is 497. The Morgan fingerprint density at radius 2 is 2.31 bits per heavy atom. The lowest BCUT2D eigenvalue weighted by molar-refractivity contribution is -0.122. The topological polar surface area (TPSA) is 37.4 Å². The van der Waals surface area contributed by atoms with Crippen LogP contribution in [0.25, 0.3) is 6.08 Å². The highest BCUT2D eigenvalue weighted by atomic mass is 32.2. The molecule has 2 rings (SSSR count). The average molecular weight is 249 g/mol. The van der Waals surface area contributed by atoms with Gasteiger partial charge in [-0.25, -0.2) is 0 Å². The summed E-state index contributed by atoms with van der Waals surface area (Å²) in [6.07, 6.45) is 6.80. The van der Waals surface area contributed by atoms with Crippen LogP contribution in [0.4, 0.5) is 4.79 Å². The third-order valence-electron chi connectivity index (χ3n) is 1.96. The molecule has 0 bridgehead atoms. The lowest BCUT2D eigenvalue weighted by Gasteiger charge is -2.06. The second kappa shape index (κ2) is 4.56. The molecule has 0 atom stereocenters. The van der Waals surface area contributed by atoms with Gasteiger partial charge in [0.1, 0.15) is 0 Å². The van der Waals surface area contributed by atoms with Crippen molar-refractivity contribution in [2.45, 2.75) is 0 Å². The number of nitrogens with zero attached hydrogens (tertiary/aromatic N) is 1. The summed E-state index contributed by atoms with van der Waals surface area (Å²) in [5.74, 6) is 1.99. The summed E-state index contributed by atoms with van der Waals surface area (Å²) in [5, 5.41) is 3.52. The number of thioether (sulfide) groups is 1. The van der Waals surface area contributed by atoms with Crippen LogP contribution in [0, 0.1) is 12.3 Å². The molecule has 5 heteroatoms. The van der Waals surface area contributed by atoms with Crippen molar-refractivity contribution in [2.75, 3.05) is 6.54 Å². The van der Waals surface area contributed by atoms with Gasteiger partial charge in [0.2, 0.25) is 0 Å². The van der Waals surface area contributed by atoms with Crippen molar-refractivity contribution in [3.8, 4) is 12.3 Å². The smallest absolute Gasteiger partial charge is 0.268 e. The van der Waals surface area contributed by atoms with E-state index in [1.54, 1.807) is 17.4 Å². The first-order valence-electron chi connectivity index (χ1n) is 4.43. The van der Waals surface area contributed by atoms with Gasteiger partial charge >= 0.3 is 0 Å². The Kier molecular flexibility index (Phi) is 3.13. The number of carbonyl (C=O) groups is 2. The quantitative estimate of drug-likeness (QED) is 0.596. The minimum absolute atomic E-state index is 0.0334. The zero-order chi connectivity index (χ0) is 11.5. The zero-order valence-electron chi connectivity index (χ0n) is 8.17. The molecule has 2 heterocycles. The fourth-order valence-electron chi connectivity index (χ4n) is 1.24. The number of rotatable bonds is 2. The van der Waals surface area contributed by atoms with Gasteiger partial charge in [-0.3, -0.25) is 14.5 Å². The number of imide groups is 1. The highest BCUT2D eigenvalue weighted by Crippen LogP contribution is 2.32.